The average molecular weight is 430 g/mol. The Hall–Kier alpha value is -1.31. The fourth-order valence-corrected chi connectivity index (χ4v) is 5.02. The summed E-state index contributed by atoms with van der Waals surface area (Å²) in [6.45, 7) is 6.47. The van der Waals surface area contributed by atoms with Crippen molar-refractivity contribution in [3.8, 4) is 0 Å². The van der Waals surface area contributed by atoms with Crippen molar-refractivity contribution in [2.45, 2.75) is 39.5 Å². The number of amides is 1. The van der Waals surface area contributed by atoms with Gasteiger partial charge in [-0.1, -0.05) is 38.3 Å². The van der Waals surface area contributed by atoms with E-state index >= 15 is 0 Å². The minimum atomic E-state index is -3.37. The fraction of sp³-hybridized carbons (Fsp3) is 0.650. The number of carbonyl (C=O) groups is 1. The van der Waals surface area contributed by atoms with Crippen molar-refractivity contribution < 1.29 is 13.2 Å². The maximum atomic E-state index is 12.6. The number of hydrogen-bond acceptors (Lipinski definition) is 4. The molecule has 0 aliphatic carbocycles. The summed E-state index contributed by atoms with van der Waals surface area (Å²) in [5.41, 5.74) is 1.05. The van der Waals surface area contributed by atoms with Crippen LogP contribution in [0.3, 0.4) is 0 Å². The van der Waals surface area contributed by atoms with Crippen LogP contribution in [-0.4, -0.2) is 57.1 Å². The quantitative estimate of drug-likeness (QED) is 0.620. The molecule has 1 heterocycles. The van der Waals surface area contributed by atoms with Gasteiger partial charge in [0.05, 0.1) is 5.75 Å². The molecule has 6 nitrogen and oxygen atoms in total. The highest BCUT2D eigenvalue weighted by Gasteiger charge is 2.27. The van der Waals surface area contributed by atoms with Gasteiger partial charge in [-0.05, 0) is 37.1 Å². The highest BCUT2D eigenvalue weighted by molar-refractivity contribution is 7.89. The molecule has 0 aromatic heterocycles. The van der Waals surface area contributed by atoms with Crippen molar-refractivity contribution in [2.75, 3.05) is 43.4 Å². The number of anilines is 1. The Labute approximate surface area is 174 Å². The first kappa shape index (κ1) is 23.0. The molecule has 0 spiro atoms. The normalized spacial score (nSPS) is 15.8. The van der Waals surface area contributed by atoms with Crippen molar-refractivity contribution in [1.29, 1.82) is 0 Å². The van der Waals surface area contributed by atoms with E-state index in [4.69, 9.17) is 11.6 Å². The summed E-state index contributed by atoms with van der Waals surface area (Å²) >= 11 is 5.92. The van der Waals surface area contributed by atoms with Crippen LogP contribution < -0.4 is 10.2 Å². The van der Waals surface area contributed by atoms with Gasteiger partial charge in [-0.15, -0.1) is 0 Å². The molecule has 1 saturated heterocycles. The lowest BCUT2D eigenvalue weighted by atomic mass is 9.97. The maximum absolute atomic E-state index is 12.6. The van der Waals surface area contributed by atoms with Crippen LogP contribution in [0, 0.1) is 5.92 Å². The summed E-state index contributed by atoms with van der Waals surface area (Å²) in [4.78, 5) is 14.4. The number of nitrogens with zero attached hydrogens (tertiary/aromatic N) is 2. The molecule has 1 N–H and O–H groups in total. The first-order valence-electron chi connectivity index (χ1n) is 10.1. The third-order valence-corrected chi connectivity index (χ3v) is 7.25. The van der Waals surface area contributed by atoms with Crippen LogP contribution in [0.25, 0.3) is 0 Å². The molecule has 28 heavy (non-hydrogen) atoms. The Balaban J connectivity index is 1.80. The zero-order valence-electron chi connectivity index (χ0n) is 16.9. The number of carbonyl (C=O) groups excluding carboxylic acids is 1. The lowest BCUT2D eigenvalue weighted by Gasteiger charge is -2.35. The van der Waals surface area contributed by atoms with Crippen LogP contribution in [-0.2, 0) is 14.8 Å². The lowest BCUT2D eigenvalue weighted by Crippen LogP contribution is -2.50. The van der Waals surface area contributed by atoms with Crippen LogP contribution in [0.15, 0.2) is 24.3 Å². The predicted molar refractivity (Wildman–Crippen MR) is 115 cm³/mol. The van der Waals surface area contributed by atoms with E-state index in [0.717, 1.165) is 31.4 Å². The molecule has 1 aromatic carbocycles. The van der Waals surface area contributed by atoms with E-state index in [9.17, 15) is 13.2 Å². The topological polar surface area (TPSA) is 69.7 Å². The van der Waals surface area contributed by atoms with Crippen LogP contribution in [0.5, 0.6) is 0 Å². The molecular weight excluding hydrogens is 398 g/mol. The minimum absolute atomic E-state index is 0.0133. The van der Waals surface area contributed by atoms with Gasteiger partial charge in [-0.3, -0.25) is 4.79 Å². The van der Waals surface area contributed by atoms with Gasteiger partial charge >= 0.3 is 0 Å². The maximum Gasteiger partial charge on any atom is 0.223 e. The van der Waals surface area contributed by atoms with Gasteiger partial charge in [0.25, 0.3) is 0 Å². The molecule has 2 rings (SSSR count). The highest BCUT2D eigenvalue weighted by atomic mass is 35.5. The Kier molecular flexibility index (Phi) is 9.05. The summed E-state index contributed by atoms with van der Waals surface area (Å²) in [5.74, 6) is -0.0860. The van der Waals surface area contributed by atoms with Gasteiger partial charge < -0.3 is 10.2 Å². The van der Waals surface area contributed by atoms with Gasteiger partial charge in [0, 0.05) is 49.4 Å². The minimum Gasteiger partial charge on any atom is -0.369 e. The molecule has 8 heteroatoms. The number of halogens is 1. The Morgan fingerprint density at radius 2 is 1.64 bits per heavy atom. The van der Waals surface area contributed by atoms with Crippen molar-refractivity contribution in [3.05, 3.63) is 29.3 Å². The second kappa shape index (κ2) is 11.0. The van der Waals surface area contributed by atoms with Gasteiger partial charge in [0.15, 0.2) is 0 Å². The Morgan fingerprint density at radius 1 is 1.07 bits per heavy atom. The standard InChI is InChI=1S/C20H32ClN3O3S/c1-3-5-17(6-4-2)20(25)22-11-16-28(26,27)24-14-12-23(13-15-24)19-9-7-18(21)8-10-19/h7-10,17H,3-6,11-16H2,1-2H3,(H,22,25). The molecule has 1 fully saturated rings. The molecule has 1 aromatic rings. The SMILES string of the molecule is CCCC(CCC)C(=O)NCCS(=O)(=O)N1CCN(c2ccc(Cl)cc2)CC1. The second-order valence-corrected chi connectivity index (χ2v) is 9.77. The number of benzene rings is 1. The van der Waals surface area contributed by atoms with Crippen molar-refractivity contribution in [1.82, 2.24) is 9.62 Å². The monoisotopic (exact) mass is 429 g/mol. The van der Waals surface area contributed by atoms with Gasteiger partial charge in [0.1, 0.15) is 0 Å². The zero-order valence-corrected chi connectivity index (χ0v) is 18.4. The summed E-state index contributed by atoms with van der Waals surface area (Å²) in [7, 11) is -3.37. The molecule has 1 aliphatic heterocycles. The lowest BCUT2D eigenvalue weighted by molar-refractivity contribution is -0.125. The van der Waals surface area contributed by atoms with Crippen molar-refractivity contribution in [2.24, 2.45) is 5.92 Å². The first-order valence-corrected chi connectivity index (χ1v) is 12.1. The van der Waals surface area contributed by atoms with E-state index in [1.54, 1.807) is 0 Å². The van der Waals surface area contributed by atoms with Gasteiger partial charge in [0.2, 0.25) is 15.9 Å². The Bertz CT molecular complexity index is 711. The second-order valence-electron chi connectivity index (χ2n) is 7.24. The summed E-state index contributed by atoms with van der Waals surface area (Å²) in [6.07, 6.45) is 3.60. The number of rotatable bonds is 10. The van der Waals surface area contributed by atoms with Crippen molar-refractivity contribution >= 4 is 33.2 Å². The van der Waals surface area contributed by atoms with E-state index < -0.39 is 10.0 Å². The molecule has 158 valence electrons. The average Bonchev–Trinajstić information content (AvgIpc) is 2.68. The number of piperazine rings is 1. The van der Waals surface area contributed by atoms with E-state index in [1.807, 2.05) is 24.3 Å². The molecule has 0 bridgehead atoms. The van der Waals surface area contributed by atoms with E-state index in [-0.39, 0.29) is 24.1 Å². The van der Waals surface area contributed by atoms with Crippen LogP contribution in [0.1, 0.15) is 39.5 Å². The third-order valence-electron chi connectivity index (χ3n) is 5.13. The van der Waals surface area contributed by atoms with Crippen LogP contribution >= 0.6 is 11.6 Å². The highest BCUT2D eigenvalue weighted by Crippen LogP contribution is 2.20. The number of nitrogens with one attached hydrogen (secondary N) is 1. The zero-order chi connectivity index (χ0) is 20.6. The van der Waals surface area contributed by atoms with Gasteiger partial charge in [-0.2, -0.15) is 4.31 Å². The van der Waals surface area contributed by atoms with E-state index in [0.29, 0.717) is 31.2 Å². The fourth-order valence-electron chi connectivity index (χ4n) is 3.56. The largest absolute Gasteiger partial charge is 0.369 e. The third kappa shape index (κ3) is 6.64. The summed E-state index contributed by atoms with van der Waals surface area (Å²) in [5, 5.41) is 3.51. The molecular formula is C20H32ClN3O3S. The molecule has 1 amide bonds. The molecule has 0 unspecified atom stereocenters. The molecule has 1 aliphatic rings. The molecule has 0 saturated carbocycles. The molecule has 0 atom stereocenters. The van der Waals surface area contributed by atoms with Crippen molar-refractivity contribution in [3.63, 3.8) is 0 Å². The van der Waals surface area contributed by atoms with E-state index in [1.165, 1.54) is 4.31 Å². The Morgan fingerprint density at radius 3 is 2.18 bits per heavy atom. The number of hydrogen-bond donors (Lipinski definition) is 1. The van der Waals surface area contributed by atoms with E-state index in [2.05, 4.69) is 24.1 Å². The summed E-state index contributed by atoms with van der Waals surface area (Å²) < 4.78 is 26.8. The first-order chi connectivity index (χ1) is 13.4. The number of sulfonamides is 1. The predicted octanol–water partition coefficient (Wildman–Crippen LogP) is 3.12. The smallest absolute Gasteiger partial charge is 0.223 e. The molecule has 0 radical (unpaired) electrons. The van der Waals surface area contributed by atoms with Crippen LogP contribution in [0.2, 0.25) is 5.02 Å². The summed E-state index contributed by atoms with van der Waals surface area (Å²) in [6, 6.07) is 7.58. The van der Waals surface area contributed by atoms with Gasteiger partial charge in [-0.25, -0.2) is 8.42 Å². The van der Waals surface area contributed by atoms with Crippen LogP contribution in [0.4, 0.5) is 5.69 Å².